The number of allylic oxidation sites excluding steroid dienone is 6. The van der Waals surface area contributed by atoms with Gasteiger partial charge in [-0.2, -0.15) is 0 Å². The molecule has 0 spiro atoms. The fourth-order valence-corrected chi connectivity index (χ4v) is 6.09. The third kappa shape index (κ3) is 36.5. The van der Waals surface area contributed by atoms with E-state index in [4.69, 9.17) is 19.1 Å². The number of aliphatic hydroxyl groups excluding tert-OH is 2. The van der Waals surface area contributed by atoms with Gasteiger partial charge in [0.05, 0.1) is 19.8 Å². The summed E-state index contributed by atoms with van der Waals surface area (Å²) in [5.41, 5.74) is 0. The minimum Gasteiger partial charge on any atom is -0.462 e. The monoisotopic (exact) mass is 759 g/mol. The largest absolute Gasteiger partial charge is 0.472 e. The second kappa shape index (κ2) is 37.5. The predicted octanol–water partition coefficient (Wildman–Crippen LogP) is 10.4. The van der Waals surface area contributed by atoms with Gasteiger partial charge in [0.25, 0.3) is 0 Å². The van der Waals surface area contributed by atoms with E-state index >= 15 is 0 Å². The SMILES string of the molecule is CCCC/C=C/C/C=C/CCCCCCCC(=O)OC[C@H](COP(=O)(O)OC[C@@H](O)CO)OC(=O)CCCCC/C=C/CCCCCCCCCC. The van der Waals surface area contributed by atoms with E-state index < -0.39 is 51.8 Å². The van der Waals surface area contributed by atoms with Crippen molar-refractivity contribution >= 4 is 19.8 Å². The van der Waals surface area contributed by atoms with Crippen LogP contribution < -0.4 is 0 Å². The molecular weight excluding hydrogens is 683 g/mol. The Labute approximate surface area is 316 Å². The van der Waals surface area contributed by atoms with Crippen LogP contribution in [-0.2, 0) is 32.7 Å². The Morgan fingerprint density at radius 1 is 0.577 bits per heavy atom. The molecule has 0 radical (unpaired) electrons. The summed E-state index contributed by atoms with van der Waals surface area (Å²) >= 11 is 0. The van der Waals surface area contributed by atoms with E-state index in [1.165, 1.54) is 64.2 Å². The maximum Gasteiger partial charge on any atom is 0.472 e. The van der Waals surface area contributed by atoms with Gasteiger partial charge in [0.15, 0.2) is 6.10 Å². The molecule has 0 aromatic rings. The minimum atomic E-state index is -4.62. The summed E-state index contributed by atoms with van der Waals surface area (Å²) in [6.07, 6.45) is 36.8. The molecular formula is C41H75O10P. The maximum atomic E-state index is 12.6. The molecule has 0 bridgehead atoms. The minimum absolute atomic E-state index is 0.161. The standard InChI is InChI=1S/C41H75O10P/c1-3-5-7-9-11-13-15-17-19-21-23-25-27-29-31-33-41(45)51-39(37-50-52(46,47)49-35-38(43)34-42)36-48-40(44)32-30-28-26-24-22-20-18-16-14-12-10-8-6-4-2/h10,12,16,18,21,23,38-39,42-43H,3-9,11,13-15,17,19-20,22,24-37H2,1-2H3,(H,46,47)/b12-10+,18-16+,23-21+/t38-,39+/m0/s1. The first-order chi connectivity index (χ1) is 25.2. The van der Waals surface area contributed by atoms with Crippen molar-refractivity contribution in [3.63, 3.8) is 0 Å². The number of phosphoric acid groups is 1. The summed E-state index contributed by atoms with van der Waals surface area (Å²) < 4.78 is 32.6. The average molecular weight is 759 g/mol. The summed E-state index contributed by atoms with van der Waals surface area (Å²) in [5, 5.41) is 18.3. The molecule has 0 fully saturated rings. The third-order valence-electron chi connectivity index (χ3n) is 8.52. The summed E-state index contributed by atoms with van der Waals surface area (Å²) in [6.45, 7) is 2.30. The zero-order valence-electron chi connectivity index (χ0n) is 32.8. The number of aliphatic hydroxyl groups is 2. The summed E-state index contributed by atoms with van der Waals surface area (Å²) in [5.74, 6) is -0.960. The van der Waals surface area contributed by atoms with Gasteiger partial charge in [-0.15, -0.1) is 0 Å². The van der Waals surface area contributed by atoms with Crippen molar-refractivity contribution in [2.75, 3.05) is 26.4 Å². The molecule has 0 rings (SSSR count). The number of esters is 2. The molecule has 10 nitrogen and oxygen atoms in total. The second-order valence-electron chi connectivity index (χ2n) is 13.7. The highest BCUT2D eigenvalue weighted by Gasteiger charge is 2.27. The van der Waals surface area contributed by atoms with Crippen molar-refractivity contribution in [1.29, 1.82) is 0 Å². The van der Waals surface area contributed by atoms with E-state index in [1.807, 2.05) is 0 Å². The van der Waals surface area contributed by atoms with Crippen LogP contribution >= 0.6 is 7.82 Å². The van der Waals surface area contributed by atoms with Crippen LogP contribution in [0.3, 0.4) is 0 Å². The average Bonchev–Trinajstić information content (AvgIpc) is 3.13. The Kier molecular flexibility index (Phi) is 36.2. The Morgan fingerprint density at radius 2 is 1.02 bits per heavy atom. The highest BCUT2D eigenvalue weighted by atomic mass is 31.2. The number of carbonyl (C=O) groups excluding carboxylic acids is 2. The smallest absolute Gasteiger partial charge is 0.462 e. The number of rotatable bonds is 38. The number of hydrogen-bond donors (Lipinski definition) is 3. The van der Waals surface area contributed by atoms with Gasteiger partial charge in [-0.3, -0.25) is 18.6 Å². The molecule has 0 amide bonds. The van der Waals surface area contributed by atoms with Crippen molar-refractivity contribution in [3.8, 4) is 0 Å². The normalized spacial score (nSPS) is 14.3. The lowest BCUT2D eigenvalue weighted by molar-refractivity contribution is -0.161. The molecule has 0 aromatic heterocycles. The van der Waals surface area contributed by atoms with Crippen LogP contribution in [0.25, 0.3) is 0 Å². The van der Waals surface area contributed by atoms with Crippen LogP contribution in [0.5, 0.6) is 0 Å². The number of hydrogen-bond acceptors (Lipinski definition) is 9. The first-order valence-electron chi connectivity index (χ1n) is 20.4. The van der Waals surface area contributed by atoms with Crippen molar-refractivity contribution in [3.05, 3.63) is 36.5 Å². The molecule has 0 saturated heterocycles. The lowest BCUT2D eigenvalue weighted by atomic mass is 10.1. The Balaban J connectivity index is 4.38. The van der Waals surface area contributed by atoms with Gasteiger partial charge in [-0.1, -0.05) is 134 Å². The molecule has 52 heavy (non-hydrogen) atoms. The van der Waals surface area contributed by atoms with Gasteiger partial charge in [0, 0.05) is 12.8 Å². The van der Waals surface area contributed by atoms with Crippen LogP contribution in [0.15, 0.2) is 36.5 Å². The molecule has 0 aliphatic carbocycles. The van der Waals surface area contributed by atoms with E-state index in [2.05, 4.69) is 54.8 Å². The maximum absolute atomic E-state index is 12.6. The molecule has 304 valence electrons. The van der Waals surface area contributed by atoms with E-state index in [1.54, 1.807) is 0 Å². The molecule has 0 aromatic carbocycles. The Hall–Kier alpha value is -1.81. The molecule has 0 aliphatic rings. The van der Waals surface area contributed by atoms with Gasteiger partial charge in [0.2, 0.25) is 0 Å². The number of ether oxygens (including phenoxy) is 2. The lowest BCUT2D eigenvalue weighted by Gasteiger charge is -2.20. The fraction of sp³-hybridized carbons (Fsp3) is 0.805. The highest BCUT2D eigenvalue weighted by molar-refractivity contribution is 7.47. The van der Waals surface area contributed by atoms with Crippen LogP contribution in [0.2, 0.25) is 0 Å². The second-order valence-corrected chi connectivity index (χ2v) is 15.1. The summed E-state index contributed by atoms with van der Waals surface area (Å²) in [7, 11) is -4.62. The van der Waals surface area contributed by atoms with E-state index in [0.717, 1.165) is 70.6 Å². The summed E-state index contributed by atoms with van der Waals surface area (Å²) in [4.78, 5) is 34.9. The molecule has 3 atom stereocenters. The van der Waals surface area contributed by atoms with E-state index in [0.29, 0.717) is 12.8 Å². The van der Waals surface area contributed by atoms with Crippen LogP contribution in [-0.4, -0.2) is 65.7 Å². The third-order valence-corrected chi connectivity index (χ3v) is 9.47. The molecule has 1 unspecified atom stereocenters. The van der Waals surface area contributed by atoms with Gasteiger partial charge in [-0.25, -0.2) is 4.57 Å². The van der Waals surface area contributed by atoms with Crippen molar-refractivity contribution in [1.82, 2.24) is 0 Å². The van der Waals surface area contributed by atoms with Gasteiger partial charge >= 0.3 is 19.8 Å². The fourth-order valence-electron chi connectivity index (χ4n) is 5.30. The van der Waals surface area contributed by atoms with Crippen molar-refractivity contribution in [2.24, 2.45) is 0 Å². The number of unbranched alkanes of at least 4 members (excludes halogenated alkanes) is 18. The van der Waals surface area contributed by atoms with Crippen molar-refractivity contribution < 1.29 is 47.8 Å². The van der Waals surface area contributed by atoms with E-state index in [9.17, 15) is 24.2 Å². The number of phosphoric ester groups is 1. The zero-order valence-corrected chi connectivity index (χ0v) is 33.7. The molecule has 0 saturated carbocycles. The van der Waals surface area contributed by atoms with Crippen LogP contribution in [0.4, 0.5) is 0 Å². The summed E-state index contributed by atoms with van der Waals surface area (Å²) in [6, 6.07) is 0. The van der Waals surface area contributed by atoms with Gasteiger partial charge in [0.1, 0.15) is 12.7 Å². The molecule has 0 aliphatic heterocycles. The Morgan fingerprint density at radius 3 is 1.58 bits per heavy atom. The van der Waals surface area contributed by atoms with Crippen molar-refractivity contribution in [2.45, 2.75) is 187 Å². The van der Waals surface area contributed by atoms with Gasteiger partial charge < -0.3 is 24.6 Å². The highest BCUT2D eigenvalue weighted by Crippen LogP contribution is 2.43. The predicted molar refractivity (Wildman–Crippen MR) is 210 cm³/mol. The Bertz CT molecular complexity index is 967. The topological polar surface area (TPSA) is 149 Å². The molecule has 3 N–H and O–H groups in total. The zero-order chi connectivity index (χ0) is 38.4. The van der Waals surface area contributed by atoms with Crippen LogP contribution in [0.1, 0.15) is 174 Å². The molecule has 11 heteroatoms. The van der Waals surface area contributed by atoms with Gasteiger partial charge in [-0.05, 0) is 64.2 Å². The first kappa shape index (κ1) is 50.2. The first-order valence-corrected chi connectivity index (χ1v) is 21.9. The van der Waals surface area contributed by atoms with E-state index in [-0.39, 0.29) is 19.4 Å². The molecule has 0 heterocycles. The quantitative estimate of drug-likeness (QED) is 0.0240. The number of carbonyl (C=O) groups is 2. The lowest BCUT2D eigenvalue weighted by Crippen LogP contribution is -2.29. The van der Waals surface area contributed by atoms with Crippen LogP contribution in [0, 0.1) is 0 Å².